The van der Waals surface area contributed by atoms with Gasteiger partial charge in [-0.2, -0.15) is 0 Å². The van der Waals surface area contributed by atoms with Gasteiger partial charge in [0.25, 0.3) is 0 Å². The van der Waals surface area contributed by atoms with Gasteiger partial charge in [0.05, 0.1) is 12.6 Å². The zero-order valence-corrected chi connectivity index (χ0v) is 11.0. The van der Waals surface area contributed by atoms with Crippen LogP contribution in [0.25, 0.3) is 0 Å². The fraction of sp³-hybridized carbons (Fsp3) is 0.846. The maximum Gasteiger partial charge on any atom is 0.235 e. The molecule has 0 amide bonds. The fourth-order valence-electron chi connectivity index (χ4n) is 2.09. The third-order valence-electron chi connectivity index (χ3n) is 3.35. The number of hydrogen-bond donors (Lipinski definition) is 0. The molecule has 0 aliphatic rings. The van der Waals surface area contributed by atoms with Crippen molar-refractivity contribution in [1.82, 2.24) is 0 Å². The van der Waals surface area contributed by atoms with Crippen LogP contribution in [0.2, 0.25) is 0 Å². The van der Waals surface area contributed by atoms with Crippen molar-refractivity contribution in [2.24, 2.45) is 21.8 Å². The molecule has 3 atom stereocenters. The van der Waals surface area contributed by atoms with Crippen LogP contribution in [0.15, 0.2) is 9.98 Å². The number of aliphatic imine (C=N–C) groups is 2. The maximum atomic E-state index is 10.5. The molecule has 0 saturated carbocycles. The Morgan fingerprint density at radius 2 is 1.82 bits per heavy atom. The lowest BCUT2D eigenvalue weighted by Crippen LogP contribution is -2.25. The number of carbonyl (C=O) groups excluding carboxylic acids is 2. The summed E-state index contributed by atoms with van der Waals surface area (Å²) in [6.45, 7) is 6.82. The number of hydrogen-bond acceptors (Lipinski definition) is 4. The first kappa shape index (κ1) is 15.8. The van der Waals surface area contributed by atoms with E-state index in [1.54, 1.807) is 6.08 Å². The van der Waals surface area contributed by atoms with Crippen LogP contribution in [0.3, 0.4) is 0 Å². The van der Waals surface area contributed by atoms with E-state index in [9.17, 15) is 9.59 Å². The van der Waals surface area contributed by atoms with Crippen molar-refractivity contribution in [1.29, 1.82) is 0 Å². The molecule has 3 unspecified atom stereocenters. The predicted molar refractivity (Wildman–Crippen MR) is 67.4 cm³/mol. The maximum absolute atomic E-state index is 10.5. The molecule has 0 rings (SSSR count). The molecule has 0 heterocycles. The van der Waals surface area contributed by atoms with E-state index in [1.807, 2.05) is 0 Å². The third-order valence-corrected chi connectivity index (χ3v) is 3.35. The zero-order valence-electron chi connectivity index (χ0n) is 11.0. The second-order valence-electron chi connectivity index (χ2n) is 4.38. The highest BCUT2D eigenvalue weighted by Gasteiger charge is 2.23. The molecule has 0 fully saturated rings. The second-order valence-corrected chi connectivity index (χ2v) is 4.38. The summed E-state index contributed by atoms with van der Waals surface area (Å²) >= 11 is 0. The van der Waals surface area contributed by atoms with Gasteiger partial charge < -0.3 is 0 Å². The minimum atomic E-state index is 0.0442. The minimum Gasteiger partial charge on any atom is -0.211 e. The summed E-state index contributed by atoms with van der Waals surface area (Å²) in [5, 5.41) is 0. The molecule has 4 heteroatoms. The van der Waals surface area contributed by atoms with E-state index in [1.165, 1.54) is 6.08 Å². The van der Waals surface area contributed by atoms with Crippen LogP contribution in [0, 0.1) is 11.8 Å². The Bertz CT molecular complexity index is 292. The third kappa shape index (κ3) is 6.15. The van der Waals surface area contributed by atoms with Gasteiger partial charge in [-0.05, 0) is 24.7 Å². The van der Waals surface area contributed by atoms with Crippen molar-refractivity contribution in [3.8, 4) is 0 Å². The highest BCUT2D eigenvalue weighted by atomic mass is 16.1. The molecule has 17 heavy (non-hydrogen) atoms. The topological polar surface area (TPSA) is 58.9 Å². The summed E-state index contributed by atoms with van der Waals surface area (Å²) in [7, 11) is 0. The molecule has 96 valence electrons. The van der Waals surface area contributed by atoms with Gasteiger partial charge >= 0.3 is 0 Å². The summed E-state index contributed by atoms with van der Waals surface area (Å²) < 4.78 is 0. The van der Waals surface area contributed by atoms with Crippen molar-refractivity contribution in [3.63, 3.8) is 0 Å². The first-order valence-electron chi connectivity index (χ1n) is 6.31. The van der Waals surface area contributed by atoms with E-state index in [0.717, 1.165) is 25.7 Å². The van der Waals surface area contributed by atoms with Gasteiger partial charge in [-0.25, -0.2) is 19.6 Å². The first-order valence-corrected chi connectivity index (χ1v) is 6.31. The first-order chi connectivity index (χ1) is 8.21. The molecular formula is C13H22N2O2. The normalized spacial score (nSPS) is 15.2. The number of nitrogens with zero attached hydrogens (tertiary/aromatic N) is 2. The minimum absolute atomic E-state index is 0.0442. The molecule has 0 bridgehead atoms. The van der Waals surface area contributed by atoms with Gasteiger partial charge in [0.15, 0.2) is 0 Å². The van der Waals surface area contributed by atoms with Crippen molar-refractivity contribution in [3.05, 3.63) is 0 Å². The summed E-state index contributed by atoms with van der Waals surface area (Å²) in [6, 6.07) is 0.0442. The summed E-state index contributed by atoms with van der Waals surface area (Å²) in [5.41, 5.74) is 0. The van der Waals surface area contributed by atoms with Crippen molar-refractivity contribution >= 4 is 12.2 Å². The lowest BCUT2D eigenvalue weighted by molar-refractivity contribution is 0.293. The number of isocyanates is 2. The Morgan fingerprint density at radius 1 is 1.12 bits per heavy atom. The summed E-state index contributed by atoms with van der Waals surface area (Å²) in [4.78, 5) is 27.9. The molecule has 4 nitrogen and oxygen atoms in total. The van der Waals surface area contributed by atoms with E-state index < -0.39 is 0 Å². The standard InChI is InChI=1S/C13H22N2O2/c1-4-11(3)13(15-10-17)12(5-2)7-6-8-14-9-16/h11-13H,4-8H2,1-3H3. The van der Waals surface area contributed by atoms with Crippen molar-refractivity contribution < 1.29 is 9.59 Å². The Balaban J connectivity index is 4.44. The molecular weight excluding hydrogens is 216 g/mol. The van der Waals surface area contributed by atoms with Gasteiger partial charge in [-0.3, -0.25) is 0 Å². The van der Waals surface area contributed by atoms with E-state index >= 15 is 0 Å². The Labute approximate surface area is 103 Å². The van der Waals surface area contributed by atoms with E-state index in [0.29, 0.717) is 18.4 Å². The zero-order chi connectivity index (χ0) is 13.1. The van der Waals surface area contributed by atoms with Crippen LogP contribution < -0.4 is 0 Å². The molecule has 0 N–H and O–H groups in total. The van der Waals surface area contributed by atoms with Gasteiger partial charge in [0, 0.05) is 0 Å². The predicted octanol–water partition coefficient (Wildman–Crippen LogP) is 2.88. The van der Waals surface area contributed by atoms with Gasteiger partial charge in [-0.1, -0.05) is 33.6 Å². The van der Waals surface area contributed by atoms with Crippen LogP contribution in [0.1, 0.15) is 46.5 Å². The highest BCUT2D eigenvalue weighted by molar-refractivity contribution is 5.34. The highest BCUT2D eigenvalue weighted by Crippen LogP contribution is 2.26. The van der Waals surface area contributed by atoms with E-state index in [-0.39, 0.29) is 6.04 Å². The van der Waals surface area contributed by atoms with Crippen LogP contribution in [0.5, 0.6) is 0 Å². The second kappa shape index (κ2) is 9.95. The molecule has 0 aromatic carbocycles. The van der Waals surface area contributed by atoms with E-state index in [4.69, 9.17) is 0 Å². The lowest BCUT2D eigenvalue weighted by atomic mass is 9.84. The quantitative estimate of drug-likeness (QED) is 0.352. The Hall–Kier alpha value is -1.24. The molecule has 0 radical (unpaired) electrons. The van der Waals surface area contributed by atoms with Crippen LogP contribution in [-0.2, 0) is 9.59 Å². The van der Waals surface area contributed by atoms with Crippen molar-refractivity contribution in [2.75, 3.05) is 6.54 Å². The number of rotatable bonds is 9. The summed E-state index contributed by atoms with van der Waals surface area (Å²) in [6.07, 6.45) is 6.98. The van der Waals surface area contributed by atoms with Gasteiger partial charge in [0.2, 0.25) is 12.2 Å². The Morgan fingerprint density at radius 3 is 2.29 bits per heavy atom. The molecule has 0 saturated heterocycles. The Kier molecular flexibility index (Phi) is 9.22. The lowest BCUT2D eigenvalue weighted by Gasteiger charge is -2.26. The van der Waals surface area contributed by atoms with Crippen LogP contribution in [0.4, 0.5) is 0 Å². The molecule has 0 aliphatic carbocycles. The molecule has 0 aromatic rings. The van der Waals surface area contributed by atoms with Crippen molar-refractivity contribution in [2.45, 2.75) is 52.5 Å². The van der Waals surface area contributed by atoms with Gasteiger partial charge in [0.1, 0.15) is 0 Å². The van der Waals surface area contributed by atoms with Gasteiger partial charge in [-0.15, -0.1) is 0 Å². The molecule has 0 spiro atoms. The smallest absolute Gasteiger partial charge is 0.211 e. The fourth-order valence-corrected chi connectivity index (χ4v) is 2.09. The van der Waals surface area contributed by atoms with E-state index in [2.05, 4.69) is 30.8 Å². The van der Waals surface area contributed by atoms with Crippen LogP contribution >= 0.6 is 0 Å². The van der Waals surface area contributed by atoms with Crippen LogP contribution in [-0.4, -0.2) is 24.7 Å². The molecule has 0 aliphatic heterocycles. The molecule has 0 aromatic heterocycles. The average Bonchev–Trinajstić information content (AvgIpc) is 2.36. The monoisotopic (exact) mass is 238 g/mol. The average molecular weight is 238 g/mol. The summed E-state index contributed by atoms with van der Waals surface area (Å²) in [5.74, 6) is 0.754. The largest absolute Gasteiger partial charge is 0.235 e. The SMILES string of the molecule is CCC(C)C(N=C=O)C(CC)CCCN=C=O.